The number of hydrogen-bond donors (Lipinski definition) is 2. The van der Waals surface area contributed by atoms with Gasteiger partial charge >= 0.3 is 0 Å². The van der Waals surface area contributed by atoms with Crippen molar-refractivity contribution in [3.8, 4) is 5.69 Å². The van der Waals surface area contributed by atoms with Crippen molar-refractivity contribution in [1.82, 2.24) is 24.9 Å². The molecular formula is C20H22ClN5O2. The Morgan fingerprint density at radius 2 is 2.00 bits per heavy atom. The first-order valence-electron chi connectivity index (χ1n) is 9.31. The second kappa shape index (κ2) is 8.16. The lowest BCUT2D eigenvalue weighted by atomic mass is 10.1. The van der Waals surface area contributed by atoms with Crippen molar-refractivity contribution in [2.75, 3.05) is 0 Å². The molecule has 3 aromatic rings. The van der Waals surface area contributed by atoms with Crippen LogP contribution in [-0.2, 0) is 17.8 Å². The number of aliphatic hydroxyl groups is 1. The molecule has 0 aliphatic heterocycles. The van der Waals surface area contributed by atoms with Gasteiger partial charge in [0.05, 0.1) is 41.7 Å². The number of carbonyl (C=O) groups is 1. The molecule has 1 aliphatic carbocycles. The van der Waals surface area contributed by atoms with Crippen molar-refractivity contribution in [3.63, 3.8) is 0 Å². The van der Waals surface area contributed by atoms with Crippen LogP contribution in [0.4, 0.5) is 0 Å². The van der Waals surface area contributed by atoms with Gasteiger partial charge in [-0.15, -0.1) is 0 Å². The Bertz CT molecular complexity index is 939. The maximum atomic E-state index is 12.4. The van der Waals surface area contributed by atoms with Crippen LogP contribution >= 0.6 is 11.6 Å². The van der Waals surface area contributed by atoms with Crippen LogP contribution < -0.4 is 5.32 Å². The summed E-state index contributed by atoms with van der Waals surface area (Å²) < 4.78 is 3.53. The molecule has 0 spiro atoms. The highest BCUT2D eigenvalue weighted by molar-refractivity contribution is 6.30. The van der Waals surface area contributed by atoms with E-state index in [1.165, 1.54) is 0 Å². The number of amides is 1. The van der Waals surface area contributed by atoms with Crippen molar-refractivity contribution in [2.45, 2.75) is 38.0 Å². The third-order valence-corrected chi connectivity index (χ3v) is 5.24. The number of hydrogen-bond acceptors (Lipinski definition) is 4. The van der Waals surface area contributed by atoms with Crippen LogP contribution in [0.25, 0.3) is 5.69 Å². The molecule has 146 valence electrons. The van der Waals surface area contributed by atoms with Gasteiger partial charge in [0.1, 0.15) is 0 Å². The first kappa shape index (κ1) is 18.7. The second-order valence-corrected chi connectivity index (χ2v) is 7.70. The smallest absolute Gasteiger partial charge is 0.224 e. The van der Waals surface area contributed by atoms with Crippen LogP contribution in [0.5, 0.6) is 0 Å². The summed E-state index contributed by atoms with van der Waals surface area (Å²) in [6.07, 6.45) is 7.95. The summed E-state index contributed by atoms with van der Waals surface area (Å²) in [6.45, 7) is 0.681. The van der Waals surface area contributed by atoms with Crippen LogP contribution in [-0.4, -0.2) is 42.7 Å². The van der Waals surface area contributed by atoms with Crippen LogP contribution in [0, 0.1) is 5.92 Å². The number of nitrogens with one attached hydrogen (secondary N) is 1. The van der Waals surface area contributed by atoms with E-state index < -0.39 is 6.10 Å². The number of nitrogens with zero attached hydrogens (tertiary/aromatic N) is 4. The fourth-order valence-electron chi connectivity index (χ4n) is 3.74. The Kier molecular flexibility index (Phi) is 5.45. The van der Waals surface area contributed by atoms with Gasteiger partial charge in [0, 0.05) is 18.9 Å². The molecule has 2 N–H and O–H groups in total. The summed E-state index contributed by atoms with van der Waals surface area (Å²) in [5.74, 6) is 0.136. The maximum absolute atomic E-state index is 12.4. The van der Waals surface area contributed by atoms with Gasteiger partial charge in [0.15, 0.2) is 0 Å². The molecule has 0 saturated heterocycles. The van der Waals surface area contributed by atoms with Gasteiger partial charge in [-0.05, 0) is 36.5 Å². The highest BCUT2D eigenvalue weighted by Gasteiger charge is 2.34. The number of para-hydroxylation sites is 1. The van der Waals surface area contributed by atoms with Gasteiger partial charge < -0.3 is 10.4 Å². The molecule has 0 radical (unpaired) electrons. The molecule has 2 heterocycles. The van der Waals surface area contributed by atoms with E-state index in [4.69, 9.17) is 11.6 Å². The Morgan fingerprint density at radius 1 is 1.18 bits per heavy atom. The van der Waals surface area contributed by atoms with E-state index in [1.54, 1.807) is 28.0 Å². The SMILES string of the molecule is O=C(Cc1cnn(-c2ccccc2)c1)N[C@@H]1CC(Cn2cc(Cl)cn2)C[C@H]1O. The molecule has 4 rings (SSSR count). The molecule has 1 aromatic carbocycles. The molecule has 28 heavy (non-hydrogen) atoms. The molecule has 1 fully saturated rings. The van der Waals surface area contributed by atoms with Gasteiger partial charge in [0.2, 0.25) is 5.91 Å². The van der Waals surface area contributed by atoms with Crippen molar-refractivity contribution >= 4 is 17.5 Å². The fraction of sp³-hybridized carbons (Fsp3) is 0.350. The molecule has 0 bridgehead atoms. The summed E-state index contributed by atoms with van der Waals surface area (Å²) in [7, 11) is 0. The minimum Gasteiger partial charge on any atom is -0.391 e. The maximum Gasteiger partial charge on any atom is 0.224 e. The third-order valence-electron chi connectivity index (χ3n) is 5.04. The number of aromatic nitrogens is 4. The number of carbonyl (C=O) groups excluding carboxylic acids is 1. The first-order chi connectivity index (χ1) is 13.6. The highest BCUT2D eigenvalue weighted by Crippen LogP contribution is 2.28. The normalized spacial score (nSPS) is 21.7. The third kappa shape index (κ3) is 4.43. The largest absolute Gasteiger partial charge is 0.391 e. The van der Waals surface area contributed by atoms with Gasteiger partial charge in [-0.3, -0.25) is 9.48 Å². The topological polar surface area (TPSA) is 85.0 Å². The zero-order chi connectivity index (χ0) is 19.5. The van der Waals surface area contributed by atoms with Crippen LogP contribution in [0.2, 0.25) is 5.02 Å². The Hall–Kier alpha value is -2.64. The van der Waals surface area contributed by atoms with E-state index in [0.717, 1.165) is 11.3 Å². The molecule has 1 amide bonds. The highest BCUT2D eigenvalue weighted by atomic mass is 35.5. The molecule has 3 atom stereocenters. The molecule has 8 heteroatoms. The zero-order valence-corrected chi connectivity index (χ0v) is 16.0. The van der Waals surface area contributed by atoms with Crippen molar-refractivity contribution in [3.05, 3.63) is 65.7 Å². The van der Waals surface area contributed by atoms with Gasteiger partial charge in [-0.2, -0.15) is 10.2 Å². The quantitative estimate of drug-likeness (QED) is 0.665. The van der Waals surface area contributed by atoms with Crippen LogP contribution in [0.1, 0.15) is 18.4 Å². The number of rotatable bonds is 6. The van der Waals surface area contributed by atoms with E-state index in [0.29, 0.717) is 24.4 Å². The molecule has 1 unspecified atom stereocenters. The Labute approximate surface area is 167 Å². The van der Waals surface area contributed by atoms with E-state index in [-0.39, 0.29) is 24.3 Å². The summed E-state index contributed by atoms with van der Waals surface area (Å²) in [6, 6.07) is 9.50. The fourth-order valence-corrected chi connectivity index (χ4v) is 3.90. The number of halogens is 1. The summed E-state index contributed by atoms with van der Waals surface area (Å²) in [5, 5.41) is 22.4. The zero-order valence-electron chi connectivity index (χ0n) is 15.3. The lowest BCUT2D eigenvalue weighted by Gasteiger charge is -2.16. The van der Waals surface area contributed by atoms with E-state index in [1.807, 2.05) is 36.5 Å². The van der Waals surface area contributed by atoms with Crippen molar-refractivity contribution in [2.24, 2.45) is 5.92 Å². The molecular weight excluding hydrogens is 378 g/mol. The number of aliphatic hydroxyl groups excluding tert-OH is 1. The molecule has 7 nitrogen and oxygen atoms in total. The summed E-state index contributed by atoms with van der Waals surface area (Å²) in [5.41, 5.74) is 1.78. The van der Waals surface area contributed by atoms with Crippen LogP contribution in [0.15, 0.2) is 55.1 Å². The number of benzene rings is 1. The molecule has 1 aliphatic rings. The minimum atomic E-state index is -0.549. The summed E-state index contributed by atoms with van der Waals surface area (Å²) >= 11 is 5.89. The van der Waals surface area contributed by atoms with Gasteiger partial charge in [-0.1, -0.05) is 29.8 Å². The average Bonchev–Trinajstić information content (AvgIpc) is 3.38. The monoisotopic (exact) mass is 399 g/mol. The van der Waals surface area contributed by atoms with E-state index in [9.17, 15) is 9.90 Å². The standard InChI is InChI=1S/C20H22ClN5O2/c21-16-10-22-25(13-16)11-14-6-18(19(27)7-14)24-20(28)8-15-9-23-26(12-15)17-4-2-1-3-5-17/h1-5,9-10,12-14,18-19,27H,6-8,11H2,(H,24,28)/t14?,18-,19-/m1/s1. The molecule has 1 saturated carbocycles. The van der Waals surface area contributed by atoms with Gasteiger partial charge in [0.25, 0.3) is 0 Å². The van der Waals surface area contributed by atoms with Crippen LogP contribution in [0.3, 0.4) is 0 Å². The summed E-state index contributed by atoms with van der Waals surface area (Å²) in [4.78, 5) is 12.4. The minimum absolute atomic E-state index is 0.112. The Balaban J connectivity index is 1.31. The van der Waals surface area contributed by atoms with E-state index in [2.05, 4.69) is 15.5 Å². The predicted molar refractivity (Wildman–Crippen MR) is 105 cm³/mol. The molecule has 2 aromatic heterocycles. The van der Waals surface area contributed by atoms with E-state index >= 15 is 0 Å². The first-order valence-corrected chi connectivity index (χ1v) is 9.69. The lowest BCUT2D eigenvalue weighted by molar-refractivity contribution is -0.121. The second-order valence-electron chi connectivity index (χ2n) is 7.26. The Morgan fingerprint density at radius 3 is 2.75 bits per heavy atom. The van der Waals surface area contributed by atoms with Gasteiger partial charge in [-0.25, -0.2) is 4.68 Å². The average molecular weight is 400 g/mol. The lowest BCUT2D eigenvalue weighted by Crippen LogP contribution is -2.40. The van der Waals surface area contributed by atoms with Crippen molar-refractivity contribution in [1.29, 1.82) is 0 Å². The predicted octanol–water partition coefficient (Wildman–Crippen LogP) is 2.22. The van der Waals surface area contributed by atoms with Crippen molar-refractivity contribution < 1.29 is 9.90 Å².